The Kier molecular flexibility index (Phi) is 40.3. The Morgan fingerprint density at radius 2 is 0.885 bits per heavy atom. The molecule has 0 aliphatic carbocycles. The average molecular weight is 874 g/mol. The molecule has 18 nitrogen and oxygen atoms in total. The van der Waals surface area contributed by atoms with Gasteiger partial charge in [-0.1, -0.05) is 89.9 Å². The third-order valence-electron chi connectivity index (χ3n) is 9.65. The van der Waals surface area contributed by atoms with Crippen molar-refractivity contribution in [2.45, 2.75) is 160 Å². The maximum absolute atomic E-state index is 12.3. The Bertz CT molecular complexity index is 1160. The summed E-state index contributed by atoms with van der Waals surface area (Å²) in [6, 6.07) is -1.60. The molecular formula is C43H79N5O13. The molecule has 0 aromatic heterocycles. The predicted octanol–water partition coefficient (Wildman–Crippen LogP) is 3.55. The number of hydrogen-bond acceptors (Lipinski definition) is 12. The van der Waals surface area contributed by atoms with Crippen LogP contribution in [0.3, 0.4) is 0 Å². The number of rotatable bonds is 46. The van der Waals surface area contributed by atoms with Crippen LogP contribution in [0.5, 0.6) is 0 Å². The fourth-order valence-electron chi connectivity index (χ4n) is 6.12. The molecule has 8 N–H and O–H groups in total. The third-order valence-corrected chi connectivity index (χ3v) is 9.65. The first kappa shape index (κ1) is 57.3. The second-order valence-electron chi connectivity index (χ2n) is 15.2. The molecule has 354 valence electrons. The van der Waals surface area contributed by atoms with Crippen molar-refractivity contribution in [1.29, 1.82) is 0 Å². The molecule has 0 fully saturated rings. The van der Waals surface area contributed by atoms with Crippen LogP contribution in [-0.2, 0) is 52.5 Å². The van der Waals surface area contributed by atoms with Gasteiger partial charge in [0.1, 0.15) is 25.5 Å². The molecule has 0 heterocycles. The summed E-state index contributed by atoms with van der Waals surface area (Å²) in [4.78, 5) is 80.8. The normalized spacial score (nSPS) is 12.0. The van der Waals surface area contributed by atoms with Crippen molar-refractivity contribution in [3.8, 4) is 0 Å². The zero-order valence-corrected chi connectivity index (χ0v) is 36.7. The molecule has 0 saturated heterocycles. The van der Waals surface area contributed by atoms with Gasteiger partial charge >= 0.3 is 11.9 Å². The first-order valence-corrected chi connectivity index (χ1v) is 22.6. The summed E-state index contributed by atoms with van der Waals surface area (Å²) in [7, 11) is 0. The number of nitrogens with two attached hydrogens (primary N) is 1. The van der Waals surface area contributed by atoms with Gasteiger partial charge in [-0.3, -0.25) is 24.0 Å². The summed E-state index contributed by atoms with van der Waals surface area (Å²) in [5, 5.41) is 28.7. The highest BCUT2D eigenvalue weighted by Crippen LogP contribution is 2.14. The minimum absolute atomic E-state index is 0.0236. The third kappa shape index (κ3) is 42.8. The first-order chi connectivity index (χ1) is 29.5. The van der Waals surface area contributed by atoms with E-state index >= 15 is 0 Å². The molecule has 0 rings (SSSR count). The molecule has 0 aliphatic rings. The van der Waals surface area contributed by atoms with Crippen LogP contribution in [-0.4, -0.2) is 137 Å². The van der Waals surface area contributed by atoms with Crippen LogP contribution in [0.25, 0.3) is 0 Å². The van der Waals surface area contributed by atoms with Crippen molar-refractivity contribution < 1.29 is 62.7 Å². The number of aldehydes is 1. The molecule has 0 aliphatic heterocycles. The topological polar surface area (TPSA) is 271 Å². The summed E-state index contributed by atoms with van der Waals surface area (Å²) in [5.41, 5.74) is 5.51. The van der Waals surface area contributed by atoms with Gasteiger partial charge in [0.15, 0.2) is 0 Å². The van der Waals surface area contributed by atoms with E-state index in [9.17, 15) is 38.7 Å². The van der Waals surface area contributed by atoms with E-state index in [4.69, 9.17) is 29.8 Å². The van der Waals surface area contributed by atoms with Gasteiger partial charge in [-0.15, -0.1) is 0 Å². The molecule has 0 saturated carbocycles. The SMILES string of the molecule is N[C@H](C=O)CCCCNC(=O)COCCOCCNC(=O)COCCOCCNC(=O)CC[C@H](NC(=O)CCCCCCCCCCCCCCCCCCC(=O)O)C(=O)O. The first-order valence-electron chi connectivity index (χ1n) is 22.6. The van der Waals surface area contributed by atoms with Crippen molar-refractivity contribution in [2.75, 3.05) is 72.5 Å². The fraction of sp³-hybridized carbons (Fsp3) is 0.837. The van der Waals surface area contributed by atoms with E-state index in [1.807, 2.05) is 0 Å². The monoisotopic (exact) mass is 874 g/mol. The molecule has 0 radical (unpaired) electrons. The van der Waals surface area contributed by atoms with Gasteiger partial charge in [0.05, 0.1) is 45.7 Å². The van der Waals surface area contributed by atoms with Gasteiger partial charge < -0.3 is 61.0 Å². The Morgan fingerprint density at radius 1 is 0.459 bits per heavy atom. The van der Waals surface area contributed by atoms with E-state index in [1.54, 1.807) is 0 Å². The number of carboxylic acids is 2. The van der Waals surface area contributed by atoms with E-state index in [2.05, 4.69) is 21.3 Å². The molecule has 0 unspecified atom stereocenters. The quantitative estimate of drug-likeness (QED) is 0.0341. The van der Waals surface area contributed by atoms with Crippen LogP contribution in [0.2, 0.25) is 0 Å². The van der Waals surface area contributed by atoms with Crippen LogP contribution in [0.15, 0.2) is 0 Å². The van der Waals surface area contributed by atoms with Crippen molar-refractivity contribution in [3.63, 3.8) is 0 Å². The number of carbonyl (C=O) groups is 7. The molecule has 0 aromatic rings. The van der Waals surface area contributed by atoms with Crippen molar-refractivity contribution in [2.24, 2.45) is 5.73 Å². The molecule has 61 heavy (non-hydrogen) atoms. The number of aliphatic carboxylic acids is 2. The lowest BCUT2D eigenvalue weighted by Gasteiger charge is -2.14. The van der Waals surface area contributed by atoms with Crippen molar-refractivity contribution in [3.05, 3.63) is 0 Å². The number of amides is 4. The second kappa shape index (κ2) is 43.0. The molecular weight excluding hydrogens is 794 g/mol. The van der Waals surface area contributed by atoms with E-state index in [0.29, 0.717) is 25.7 Å². The van der Waals surface area contributed by atoms with Crippen molar-refractivity contribution >= 4 is 41.9 Å². The van der Waals surface area contributed by atoms with E-state index < -0.39 is 24.0 Å². The van der Waals surface area contributed by atoms with Gasteiger partial charge in [-0.25, -0.2) is 4.79 Å². The van der Waals surface area contributed by atoms with Crippen molar-refractivity contribution in [1.82, 2.24) is 21.3 Å². The summed E-state index contributed by atoms with van der Waals surface area (Å²) >= 11 is 0. The Hall–Kier alpha value is -3.71. The fourth-order valence-corrected chi connectivity index (χ4v) is 6.12. The van der Waals surface area contributed by atoms with Crippen LogP contribution in [0.1, 0.15) is 148 Å². The molecule has 4 amide bonds. The lowest BCUT2D eigenvalue weighted by atomic mass is 10.0. The van der Waals surface area contributed by atoms with Crippen LogP contribution in [0, 0.1) is 0 Å². The van der Waals surface area contributed by atoms with Gasteiger partial charge in [0, 0.05) is 38.9 Å². The molecule has 18 heteroatoms. The minimum Gasteiger partial charge on any atom is -0.481 e. The number of carboxylic acid groups (broad SMARTS) is 2. The van der Waals surface area contributed by atoms with Gasteiger partial charge in [-0.2, -0.15) is 0 Å². The molecule has 0 bridgehead atoms. The molecule has 0 spiro atoms. The van der Waals surface area contributed by atoms with E-state index in [0.717, 1.165) is 51.4 Å². The highest BCUT2D eigenvalue weighted by atomic mass is 16.5. The predicted molar refractivity (Wildman–Crippen MR) is 230 cm³/mol. The zero-order chi connectivity index (χ0) is 45.0. The summed E-state index contributed by atoms with van der Waals surface area (Å²) in [6.45, 7) is 2.05. The van der Waals surface area contributed by atoms with E-state index in [1.165, 1.54) is 57.8 Å². The Balaban J connectivity index is 3.63. The van der Waals surface area contributed by atoms with Crippen LogP contribution >= 0.6 is 0 Å². The largest absolute Gasteiger partial charge is 0.481 e. The minimum atomic E-state index is -1.18. The number of unbranched alkanes of at least 4 members (excludes halogenated alkanes) is 16. The smallest absolute Gasteiger partial charge is 0.326 e. The lowest BCUT2D eigenvalue weighted by Crippen LogP contribution is -2.41. The molecule has 2 atom stereocenters. The summed E-state index contributed by atoms with van der Waals surface area (Å²) in [6.07, 6.45) is 21.1. The zero-order valence-electron chi connectivity index (χ0n) is 36.7. The standard InChI is InChI=1S/C43H79N5O13/c44-36(33-49)19-17-18-24-45-40(52)34-60-31-30-59-28-26-47-41(53)35-61-32-29-58-27-25-46-38(50)23-22-37(43(56)57)48-39(51)20-15-13-11-9-7-5-3-1-2-4-6-8-10-12-14-16-21-42(54)55/h33,36-37H,1-32,34-35,44H2,(H,45,52)(H,46,50)(H,47,53)(H,48,51)(H,54,55)(H,56,57)/t36-,37-/m0/s1. The van der Waals surface area contributed by atoms with E-state index in [-0.39, 0.29) is 115 Å². The molecule has 0 aromatic carbocycles. The van der Waals surface area contributed by atoms with Gasteiger partial charge in [-0.05, 0) is 38.5 Å². The number of hydrogen-bond donors (Lipinski definition) is 7. The maximum Gasteiger partial charge on any atom is 0.326 e. The summed E-state index contributed by atoms with van der Waals surface area (Å²) < 4.78 is 21.3. The highest BCUT2D eigenvalue weighted by Gasteiger charge is 2.20. The summed E-state index contributed by atoms with van der Waals surface area (Å²) in [5.74, 6) is -3.12. The maximum atomic E-state index is 12.3. The highest BCUT2D eigenvalue weighted by molar-refractivity contribution is 5.84. The number of carbonyl (C=O) groups excluding carboxylic acids is 5. The lowest BCUT2D eigenvalue weighted by molar-refractivity contribution is -0.142. The number of nitrogens with one attached hydrogen (secondary N) is 4. The van der Waals surface area contributed by atoms with Crippen LogP contribution < -0.4 is 27.0 Å². The second-order valence-corrected chi connectivity index (χ2v) is 15.2. The Morgan fingerprint density at radius 3 is 1.34 bits per heavy atom. The van der Waals surface area contributed by atoms with Crippen LogP contribution in [0.4, 0.5) is 0 Å². The van der Waals surface area contributed by atoms with Gasteiger partial charge in [0.2, 0.25) is 23.6 Å². The average Bonchev–Trinajstić information content (AvgIpc) is 3.23. The Labute approximate surface area is 363 Å². The van der Waals surface area contributed by atoms with Gasteiger partial charge in [0.25, 0.3) is 0 Å². The number of ether oxygens (including phenoxy) is 4.